The van der Waals surface area contributed by atoms with Gasteiger partial charge in [0.2, 0.25) is 0 Å². The molecule has 0 spiro atoms. The van der Waals surface area contributed by atoms with Gasteiger partial charge in [0.05, 0.1) is 26.4 Å². The van der Waals surface area contributed by atoms with E-state index in [4.69, 9.17) is 34.8 Å². The zero-order valence-corrected chi connectivity index (χ0v) is 15.1. The zero-order valence-electron chi connectivity index (χ0n) is 12.8. The van der Waals surface area contributed by atoms with Crippen LogP contribution in [0.15, 0.2) is 42.5 Å². The van der Waals surface area contributed by atoms with E-state index in [0.717, 1.165) is 23.8 Å². The van der Waals surface area contributed by atoms with Crippen LogP contribution in [0.3, 0.4) is 0 Å². The molecule has 126 valence electrons. The lowest BCUT2D eigenvalue weighted by Crippen LogP contribution is -2.50. The first-order valence-corrected chi connectivity index (χ1v) is 8.69. The van der Waals surface area contributed by atoms with Gasteiger partial charge in [-0.15, -0.1) is 0 Å². The largest absolute Gasteiger partial charge is 0.367 e. The summed E-state index contributed by atoms with van der Waals surface area (Å²) in [6.07, 6.45) is 0. The Balaban J connectivity index is 1.61. The molecule has 0 unspecified atom stereocenters. The van der Waals surface area contributed by atoms with Gasteiger partial charge in [-0.3, -0.25) is 0 Å². The van der Waals surface area contributed by atoms with Crippen molar-refractivity contribution >= 4 is 52.2 Å². The predicted octanol–water partition coefficient (Wildman–Crippen LogP) is 5.00. The molecule has 0 atom stereocenters. The maximum absolute atomic E-state index is 12.4. The number of hydrogen-bond acceptors (Lipinski definition) is 2. The number of carbonyl (C=O) groups excluding carboxylic acids is 1. The summed E-state index contributed by atoms with van der Waals surface area (Å²) in [5.41, 5.74) is 1.51. The fraction of sp³-hybridized carbons (Fsp3) is 0.235. The van der Waals surface area contributed by atoms with Gasteiger partial charge in [0.25, 0.3) is 0 Å². The third kappa shape index (κ3) is 3.72. The molecule has 1 N–H and O–H groups in total. The van der Waals surface area contributed by atoms with E-state index in [1.165, 1.54) is 0 Å². The van der Waals surface area contributed by atoms with E-state index in [2.05, 4.69) is 10.2 Å². The average Bonchev–Trinajstić information content (AvgIpc) is 2.59. The predicted molar refractivity (Wildman–Crippen MR) is 101 cm³/mol. The molecule has 1 aliphatic rings. The normalized spacial score (nSPS) is 14.6. The molecule has 7 heteroatoms. The second kappa shape index (κ2) is 7.51. The lowest BCUT2D eigenvalue weighted by molar-refractivity contribution is 0.208. The number of nitrogens with zero attached hydrogens (tertiary/aromatic N) is 2. The van der Waals surface area contributed by atoms with Gasteiger partial charge in [-0.1, -0.05) is 53.0 Å². The van der Waals surface area contributed by atoms with Crippen molar-refractivity contribution in [2.75, 3.05) is 36.4 Å². The van der Waals surface area contributed by atoms with Crippen molar-refractivity contribution in [3.63, 3.8) is 0 Å². The van der Waals surface area contributed by atoms with Crippen LogP contribution in [0.5, 0.6) is 0 Å². The number of benzene rings is 2. The number of carbonyl (C=O) groups is 1. The monoisotopic (exact) mass is 383 g/mol. The van der Waals surface area contributed by atoms with Gasteiger partial charge in [-0.05, 0) is 24.3 Å². The molecule has 1 heterocycles. The van der Waals surface area contributed by atoms with Crippen LogP contribution in [-0.2, 0) is 0 Å². The summed E-state index contributed by atoms with van der Waals surface area (Å²) in [6.45, 7) is 2.66. The Morgan fingerprint density at radius 2 is 1.54 bits per heavy atom. The van der Waals surface area contributed by atoms with Gasteiger partial charge in [-0.25, -0.2) is 4.79 Å². The number of piperazine rings is 1. The van der Waals surface area contributed by atoms with Gasteiger partial charge >= 0.3 is 6.03 Å². The highest BCUT2D eigenvalue weighted by Crippen LogP contribution is 2.30. The molecule has 4 nitrogen and oxygen atoms in total. The highest BCUT2D eigenvalue weighted by atomic mass is 35.5. The molecule has 2 aromatic rings. The molecule has 2 amide bonds. The van der Waals surface area contributed by atoms with Gasteiger partial charge in [0.1, 0.15) is 0 Å². The summed E-state index contributed by atoms with van der Waals surface area (Å²) in [7, 11) is 0. The van der Waals surface area contributed by atoms with E-state index in [0.29, 0.717) is 28.8 Å². The zero-order chi connectivity index (χ0) is 17.1. The number of para-hydroxylation sites is 1. The number of urea groups is 1. The van der Waals surface area contributed by atoms with E-state index in [-0.39, 0.29) is 6.03 Å². The molecule has 0 aromatic heterocycles. The summed E-state index contributed by atoms with van der Waals surface area (Å²) < 4.78 is 0. The molecule has 24 heavy (non-hydrogen) atoms. The maximum atomic E-state index is 12.4. The second-order valence-electron chi connectivity index (χ2n) is 5.46. The molecule has 0 aliphatic carbocycles. The van der Waals surface area contributed by atoms with E-state index < -0.39 is 0 Å². The summed E-state index contributed by atoms with van der Waals surface area (Å²) in [5.74, 6) is 0. The van der Waals surface area contributed by atoms with Crippen LogP contribution in [0.4, 0.5) is 16.2 Å². The van der Waals surface area contributed by atoms with Crippen LogP contribution in [0.1, 0.15) is 0 Å². The average molecular weight is 385 g/mol. The lowest BCUT2D eigenvalue weighted by atomic mass is 10.2. The summed E-state index contributed by atoms with van der Waals surface area (Å²) in [5, 5.41) is 4.30. The molecule has 3 rings (SSSR count). The van der Waals surface area contributed by atoms with Gasteiger partial charge in [0, 0.05) is 26.2 Å². The van der Waals surface area contributed by atoms with E-state index in [1.807, 2.05) is 24.3 Å². The number of halogens is 3. The first-order chi connectivity index (χ1) is 11.6. The SMILES string of the molecule is O=C(Nc1cccc(Cl)c1Cl)N1CCN(c2ccccc2Cl)CC1. The first-order valence-electron chi connectivity index (χ1n) is 7.55. The van der Waals surface area contributed by atoms with Crippen molar-refractivity contribution in [1.82, 2.24) is 4.90 Å². The van der Waals surface area contributed by atoms with Crippen LogP contribution < -0.4 is 10.2 Å². The molecular weight excluding hydrogens is 369 g/mol. The quantitative estimate of drug-likeness (QED) is 0.791. The number of rotatable bonds is 2. The van der Waals surface area contributed by atoms with Crippen LogP contribution in [-0.4, -0.2) is 37.1 Å². The van der Waals surface area contributed by atoms with Crippen LogP contribution in [0.25, 0.3) is 0 Å². The van der Waals surface area contributed by atoms with Crippen LogP contribution in [0.2, 0.25) is 15.1 Å². The van der Waals surface area contributed by atoms with Crippen molar-refractivity contribution in [1.29, 1.82) is 0 Å². The lowest BCUT2D eigenvalue weighted by Gasteiger charge is -2.36. The maximum Gasteiger partial charge on any atom is 0.322 e. The van der Waals surface area contributed by atoms with Crippen molar-refractivity contribution < 1.29 is 4.79 Å². The first kappa shape index (κ1) is 17.2. The Bertz CT molecular complexity index is 746. The highest BCUT2D eigenvalue weighted by molar-refractivity contribution is 6.44. The Kier molecular flexibility index (Phi) is 5.39. The molecule has 2 aromatic carbocycles. The Morgan fingerprint density at radius 1 is 0.875 bits per heavy atom. The van der Waals surface area contributed by atoms with E-state index in [1.54, 1.807) is 23.1 Å². The van der Waals surface area contributed by atoms with Crippen molar-refractivity contribution in [2.24, 2.45) is 0 Å². The summed E-state index contributed by atoms with van der Waals surface area (Å²) >= 11 is 18.3. The van der Waals surface area contributed by atoms with Crippen LogP contribution >= 0.6 is 34.8 Å². The highest BCUT2D eigenvalue weighted by Gasteiger charge is 2.23. The Morgan fingerprint density at radius 3 is 2.25 bits per heavy atom. The molecule has 0 saturated carbocycles. The van der Waals surface area contributed by atoms with Crippen molar-refractivity contribution in [3.8, 4) is 0 Å². The molecule has 0 bridgehead atoms. The van der Waals surface area contributed by atoms with Crippen LogP contribution in [0, 0.1) is 0 Å². The topological polar surface area (TPSA) is 35.6 Å². The summed E-state index contributed by atoms with van der Waals surface area (Å²) in [4.78, 5) is 16.3. The number of anilines is 2. The minimum Gasteiger partial charge on any atom is -0.367 e. The van der Waals surface area contributed by atoms with Gasteiger partial charge < -0.3 is 15.1 Å². The third-order valence-electron chi connectivity index (χ3n) is 3.95. The molecule has 1 saturated heterocycles. The van der Waals surface area contributed by atoms with E-state index in [9.17, 15) is 4.79 Å². The van der Waals surface area contributed by atoms with Crippen molar-refractivity contribution in [3.05, 3.63) is 57.5 Å². The number of hydrogen-bond donors (Lipinski definition) is 1. The smallest absolute Gasteiger partial charge is 0.322 e. The fourth-order valence-electron chi connectivity index (χ4n) is 2.65. The molecule has 1 fully saturated rings. The number of nitrogens with one attached hydrogen (secondary N) is 1. The van der Waals surface area contributed by atoms with Crippen molar-refractivity contribution in [2.45, 2.75) is 0 Å². The fourth-order valence-corrected chi connectivity index (χ4v) is 3.26. The third-order valence-corrected chi connectivity index (χ3v) is 5.09. The Labute approximate surface area is 155 Å². The van der Waals surface area contributed by atoms with E-state index >= 15 is 0 Å². The minimum atomic E-state index is -0.182. The molecule has 1 aliphatic heterocycles. The van der Waals surface area contributed by atoms with Gasteiger partial charge in [0.15, 0.2) is 0 Å². The standard InChI is InChI=1S/C17H16Cl3N3O/c18-12-4-1-2-7-15(12)22-8-10-23(11-9-22)17(24)21-14-6-3-5-13(19)16(14)20/h1-7H,8-11H2,(H,21,24). The molecular formula is C17H16Cl3N3O. The molecule has 0 radical (unpaired) electrons. The number of amides is 2. The van der Waals surface area contributed by atoms with Gasteiger partial charge in [-0.2, -0.15) is 0 Å². The Hall–Kier alpha value is -1.62. The second-order valence-corrected chi connectivity index (χ2v) is 6.65. The summed E-state index contributed by atoms with van der Waals surface area (Å²) in [6, 6.07) is 12.7. The minimum absolute atomic E-state index is 0.182.